The number of hydrogen-bond acceptors (Lipinski definition) is 7. The van der Waals surface area contributed by atoms with Crippen molar-refractivity contribution in [3.8, 4) is 5.88 Å². The normalized spacial score (nSPS) is 20.7. The van der Waals surface area contributed by atoms with Gasteiger partial charge in [-0.25, -0.2) is 9.50 Å². The molecular formula is C23H27N5O3. The summed E-state index contributed by atoms with van der Waals surface area (Å²) < 4.78 is 7.66. The van der Waals surface area contributed by atoms with E-state index in [0.717, 1.165) is 48.4 Å². The van der Waals surface area contributed by atoms with Gasteiger partial charge in [-0.1, -0.05) is 0 Å². The zero-order valence-corrected chi connectivity index (χ0v) is 17.5. The minimum atomic E-state index is -0.278. The van der Waals surface area contributed by atoms with Crippen LogP contribution < -0.4 is 15.4 Å². The van der Waals surface area contributed by atoms with Crippen LogP contribution in [-0.4, -0.2) is 44.7 Å². The van der Waals surface area contributed by atoms with E-state index in [1.54, 1.807) is 16.9 Å². The lowest BCUT2D eigenvalue weighted by Gasteiger charge is -2.14. The lowest BCUT2D eigenvalue weighted by Crippen LogP contribution is -2.08. The van der Waals surface area contributed by atoms with Gasteiger partial charge < -0.3 is 20.5 Å². The third-order valence-electron chi connectivity index (χ3n) is 6.02. The average Bonchev–Trinajstić information content (AvgIpc) is 3.32. The highest BCUT2D eigenvalue weighted by atomic mass is 16.5. The summed E-state index contributed by atoms with van der Waals surface area (Å²) in [6.07, 6.45) is 8.26. The van der Waals surface area contributed by atoms with Gasteiger partial charge in [-0.05, 0) is 56.2 Å². The molecule has 0 bridgehead atoms. The van der Waals surface area contributed by atoms with Crippen LogP contribution in [0.15, 0.2) is 36.7 Å². The van der Waals surface area contributed by atoms with E-state index < -0.39 is 0 Å². The smallest absolute Gasteiger partial charge is 0.237 e. The number of anilines is 3. The number of ether oxygens (including phenoxy) is 1. The van der Waals surface area contributed by atoms with Gasteiger partial charge in [0.05, 0.1) is 23.4 Å². The highest BCUT2D eigenvalue weighted by molar-refractivity contribution is 6.03. The molecule has 3 aromatic rings. The Bertz CT molecular complexity index is 1110. The fourth-order valence-corrected chi connectivity index (χ4v) is 4.24. The molecule has 2 atom stereocenters. The first-order chi connectivity index (χ1) is 15.1. The number of Topliss-reactive ketones (excluding diaryl/α,β-unsaturated/α-hetero) is 1. The first kappa shape index (κ1) is 19.8. The van der Waals surface area contributed by atoms with Crippen LogP contribution in [-0.2, 0) is 0 Å². The number of carbonyl (C=O) groups is 1. The van der Waals surface area contributed by atoms with Crippen LogP contribution in [0.5, 0.6) is 5.88 Å². The number of rotatable bonds is 8. The number of fused-ring (bicyclic) bond motifs is 1. The first-order valence-corrected chi connectivity index (χ1v) is 10.9. The van der Waals surface area contributed by atoms with Crippen LogP contribution in [0, 0.1) is 5.92 Å². The largest absolute Gasteiger partial charge is 0.473 e. The van der Waals surface area contributed by atoms with E-state index in [1.165, 1.54) is 0 Å². The fourth-order valence-electron chi connectivity index (χ4n) is 4.24. The number of aliphatic hydroxyl groups excluding tert-OH is 1. The summed E-state index contributed by atoms with van der Waals surface area (Å²) in [5, 5.41) is 20.8. The van der Waals surface area contributed by atoms with Crippen LogP contribution in [0.2, 0.25) is 0 Å². The second kappa shape index (κ2) is 8.19. The van der Waals surface area contributed by atoms with E-state index in [0.29, 0.717) is 24.3 Å². The van der Waals surface area contributed by atoms with Crippen molar-refractivity contribution in [1.29, 1.82) is 0 Å². The SMILES string of the molecule is CNc1cc(Nc2cccnc2OC2CC2)cc2c(C(=O)CC3CC[C@H](O)C3)cnn12. The van der Waals surface area contributed by atoms with Gasteiger partial charge in [0.15, 0.2) is 5.78 Å². The quantitative estimate of drug-likeness (QED) is 0.476. The minimum absolute atomic E-state index is 0.0624. The van der Waals surface area contributed by atoms with Crippen molar-refractivity contribution in [3.63, 3.8) is 0 Å². The summed E-state index contributed by atoms with van der Waals surface area (Å²) in [7, 11) is 1.83. The van der Waals surface area contributed by atoms with Crippen molar-refractivity contribution in [1.82, 2.24) is 14.6 Å². The molecule has 0 amide bonds. The topological polar surface area (TPSA) is 101 Å². The van der Waals surface area contributed by atoms with E-state index in [9.17, 15) is 9.90 Å². The molecule has 2 fully saturated rings. The van der Waals surface area contributed by atoms with Gasteiger partial charge in [-0.2, -0.15) is 5.10 Å². The molecule has 3 heterocycles. The van der Waals surface area contributed by atoms with Crippen LogP contribution in [0.4, 0.5) is 17.2 Å². The molecule has 1 unspecified atom stereocenters. The maximum Gasteiger partial charge on any atom is 0.237 e. The van der Waals surface area contributed by atoms with Crippen molar-refractivity contribution in [3.05, 3.63) is 42.2 Å². The van der Waals surface area contributed by atoms with E-state index in [2.05, 4.69) is 20.7 Å². The number of pyridine rings is 2. The number of ketones is 1. The van der Waals surface area contributed by atoms with Gasteiger partial charge in [-0.3, -0.25) is 4.79 Å². The molecule has 3 N–H and O–H groups in total. The summed E-state index contributed by atoms with van der Waals surface area (Å²) in [6.45, 7) is 0. The number of aliphatic hydroxyl groups is 1. The molecule has 0 radical (unpaired) electrons. The van der Waals surface area contributed by atoms with Crippen molar-refractivity contribution in [2.75, 3.05) is 17.7 Å². The van der Waals surface area contributed by atoms with Gasteiger partial charge in [-0.15, -0.1) is 0 Å². The lowest BCUT2D eigenvalue weighted by atomic mass is 9.97. The number of nitrogens with one attached hydrogen (secondary N) is 2. The summed E-state index contributed by atoms with van der Waals surface area (Å²) in [4.78, 5) is 17.4. The third kappa shape index (κ3) is 4.20. The van der Waals surface area contributed by atoms with E-state index in [4.69, 9.17) is 4.74 Å². The lowest BCUT2D eigenvalue weighted by molar-refractivity contribution is 0.0959. The molecular weight excluding hydrogens is 394 g/mol. The van der Waals surface area contributed by atoms with Gasteiger partial charge >= 0.3 is 0 Å². The van der Waals surface area contributed by atoms with Crippen molar-refractivity contribution in [2.24, 2.45) is 5.92 Å². The predicted molar refractivity (Wildman–Crippen MR) is 118 cm³/mol. The van der Waals surface area contributed by atoms with Gasteiger partial charge in [0.2, 0.25) is 5.88 Å². The van der Waals surface area contributed by atoms with Crippen molar-refractivity contribution >= 4 is 28.5 Å². The maximum atomic E-state index is 13.0. The number of hydrogen-bond donors (Lipinski definition) is 3. The minimum Gasteiger partial charge on any atom is -0.473 e. The van der Waals surface area contributed by atoms with E-state index >= 15 is 0 Å². The summed E-state index contributed by atoms with van der Waals surface area (Å²) in [5.41, 5.74) is 2.94. The first-order valence-electron chi connectivity index (χ1n) is 10.9. The number of aromatic nitrogens is 3. The van der Waals surface area contributed by atoms with E-state index in [-0.39, 0.29) is 23.9 Å². The highest BCUT2D eigenvalue weighted by Gasteiger charge is 2.27. The molecule has 31 heavy (non-hydrogen) atoms. The standard InChI is InChI=1S/C23H27N5O3/c1-24-22-12-15(27-19-3-2-8-25-23(19)31-17-6-7-17)11-20-18(13-26-28(20)22)21(30)10-14-4-5-16(29)9-14/h2-3,8,11-14,16-17,24,27,29H,4-7,9-10H2,1H3/t14?,16-/m0/s1. The Labute approximate surface area is 180 Å². The second-order valence-electron chi connectivity index (χ2n) is 8.49. The maximum absolute atomic E-state index is 13.0. The molecule has 0 spiro atoms. The third-order valence-corrected chi connectivity index (χ3v) is 6.02. The molecule has 2 saturated carbocycles. The zero-order valence-electron chi connectivity index (χ0n) is 17.5. The van der Waals surface area contributed by atoms with Crippen molar-refractivity contribution < 1.29 is 14.6 Å². The molecule has 0 aliphatic heterocycles. The van der Waals surface area contributed by atoms with E-state index in [1.807, 2.05) is 31.3 Å². The number of nitrogens with zero attached hydrogens (tertiary/aromatic N) is 3. The molecule has 2 aliphatic carbocycles. The Morgan fingerprint density at radius 3 is 2.90 bits per heavy atom. The van der Waals surface area contributed by atoms with Gasteiger partial charge in [0.1, 0.15) is 17.6 Å². The summed E-state index contributed by atoms with van der Waals surface area (Å²) in [6, 6.07) is 7.67. The van der Waals surface area contributed by atoms with Crippen LogP contribution in [0.3, 0.4) is 0 Å². The van der Waals surface area contributed by atoms with Crippen molar-refractivity contribution in [2.45, 2.75) is 50.7 Å². The Kier molecular flexibility index (Phi) is 5.23. The Morgan fingerprint density at radius 1 is 1.29 bits per heavy atom. The molecule has 8 heteroatoms. The van der Waals surface area contributed by atoms with Crippen LogP contribution >= 0.6 is 0 Å². The van der Waals surface area contributed by atoms with Crippen LogP contribution in [0.25, 0.3) is 5.52 Å². The van der Waals surface area contributed by atoms with Crippen LogP contribution in [0.1, 0.15) is 48.9 Å². The molecule has 5 rings (SSSR count). The molecule has 3 aromatic heterocycles. The average molecular weight is 422 g/mol. The second-order valence-corrected chi connectivity index (χ2v) is 8.49. The van der Waals surface area contributed by atoms with Gasteiger partial charge in [0, 0.05) is 31.4 Å². The van der Waals surface area contributed by atoms with Gasteiger partial charge in [0.25, 0.3) is 0 Å². The fraction of sp³-hybridized carbons (Fsp3) is 0.435. The molecule has 8 nitrogen and oxygen atoms in total. The summed E-state index contributed by atoms with van der Waals surface area (Å²) >= 11 is 0. The molecule has 2 aliphatic rings. The molecule has 0 saturated heterocycles. The Morgan fingerprint density at radius 2 is 2.16 bits per heavy atom. The molecule has 0 aromatic carbocycles. The Balaban J connectivity index is 1.44. The highest BCUT2D eigenvalue weighted by Crippen LogP contribution is 2.34. The number of carbonyl (C=O) groups excluding carboxylic acids is 1. The Hall–Kier alpha value is -3.13. The predicted octanol–water partition coefficient (Wildman–Crippen LogP) is 3.79. The monoisotopic (exact) mass is 421 g/mol. The summed E-state index contributed by atoms with van der Waals surface area (Å²) in [5.74, 6) is 1.65. The molecule has 162 valence electrons. The zero-order chi connectivity index (χ0) is 21.4.